The van der Waals surface area contributed by atoms with Crippen LogP contribution in [0.2, 0.25) is 0 Å². The molecule has 0 bridgehead atoms. The molecule has 0 saturated carbocycles. The van der Waals surface area contributed by atoms with E-state index in [9.17, 15) is 0 Å². The van der Waals surface area contributed by atoms with Gasteiger partial charge in [-0.25, -0.2) is 4.98 Å². The maximum Gasteiger partial charge on any atom is 0.229 e. The first-order valence-corrected chi connectivity index (χ1v) is 9.35. The zero-order valence-corrected chi connectivity index (χ0v) is 15.5. The topological polar surface area (TPSA) is 41.1 Å². The summed E-state index contributed by atoms with van der Waals surface area (Å²) in [4.78, 5) is 11.6. The Hall–Kier alpha value is -2.36. The quantitative estimate of drug-likeness (QED) is 0.751. The predicted molar refractivity (Wildman–Crippen MR) is 105 cm³/mol. The van der Waals surface area contributed by atoms with E-state index in [4.69, 9.17) is 4.98 Å². The van der Waals surface area contributed by atoms with Crippen LogP contribution in [-0.4, -0.2) is 16.0 Å². The fourth-order valence-electron chi connectivity index (χ4n) is 3.55. The summed E-state index contributed by atoms with van der Waals surface area (Å²) in [5, 5.41) is 3.36. The Kier molecular flexibility index (Phi) is 5.37. The summed E-state index contributed by atoms with van der Waals surface area (Å²) in [7, 11) is 0. The lowest BCUT2D eigenvalue weighted by molar-refractivity contribution is 0.594. The predicted octanol–water partition coefficient (Wildman–Crippen LogP) is 5.24. The van der Waals surface area contributed by atoms with Gasteiger partial charge in [-0.2, -0.15) is 4.98 Å². The molecule has 0 amide bonds. The highest BCUT2D eigenvalue weighted by Gasteiger charge is 2.29. The standard InChI is InChI=1S/C21H28N4/c1-5-9-16-10-8-11-18(13-16)23-21-22-14-17-12-15(4)25(20(17)24-21)19(6-2)7-3/h8,10-11,13-14,19H,4-7,9,12H2,1-3H3,(H,22,23,24). The third kappa shape index (κ3) is 3.68. The molecule has 0 radical (unpaired) electrons. The first kappa shape index (κ1) is 17.5. The number of aryl methyl sites for hydroxylation is 1. The van der Waals surface area contributed by atoms with Crippen LogP contribution in [0, 0.1) is 0 Å². The van der Waals surface area contributed by atoms with Gasteiger partial charge in [0.1, 0.15) is 5.82 Å². The maximum atomic E-state index is 4.82. The van der Waals surface area contributed by atoms with Crippen LogP contribution < -0.4 is 10.2 Å². The molecular weight excluding hydrogens is 308 g/mol. The van der Waals surface area contributed by atoms with E-state index < -0.39 is 0 Å². The summed E-state index contributed by atoms with van der Waals surface area (Å²) in [6.45, 7) is 10.9. The molecule has 2 aromatic rings. The van der Waals surface area contributed by atoms with E-state index in [0.717, 1.165) is 49.3 Å². The minimum Gasteiger partial charge on any atom is -0.327 e. The Balaban J connectivity index is 1.86. The number of fused-ring (bicyclic) bond motifs is 1. The Bertz CT molecular complexity index is 749. The molecule has 2 heterocycles. The molecule has 132 valence electrons. The van der Waals surface area contributed by atoms with Crippen LogP contribution in [0.4, 0.5) is 17.5 Å². The average Bonchev–Trinajstić information content (AvgIpc) is 2.93. The second-order valence-corrected chi connectivity index (χ2v) is 6.70. The summed E-state index contributed by atoms with van der Waals surface area (Å²) in [6.07, 6.45) is 7.18. The molecule has 0 spiro atoms. The van der Waals surface area contributed by atoms with Crippen molar-refractivity contribution in [3.63, 3.8) is 0 Å². The van der Waals surface area contributed by atoms with Gasteiger partial charge in [-0.15, -0.1) is 0 Å². The van der Waals surface area contributed by atoms with E-state index in [0.29, 0.717) is 12.0 Å². The Morgan fingerprint density at radius 3 is 2.76 bits per heavy atom. The molecule has 0 saturated heterocycles. The van der Waals surface area contributed by atoms with Crippen molar-refractivity contribution >= 4 is 17.5 Å². The molecule has 0 atom stereocenters. The van der Waals surface area contributed by atoms with Crippen molar-refractivity contribution in [1.29, 1.82) is 0 Å². The minimum atomic E-state index is 0.449. The van der Waals surface area contributed by atoms with Crippen LogP contribution in [0.5, 0.6) is 0 Å². The van der Waals surface area contributed by atoms with Gasteiger partial charge in [-0.05, 0) is 37.0 Å². The van der Waals surface area contributed by atoms with Crippen molar-refractivity contribution < 1.29 is 0 Å². The van der Waals surface area contributed by atoms with Gasteiger partial charge in [0.25, 0.3) is 0 Å². The number of benzene rings is 1. The van der Waals surface area contributed by atoms with E-state index in [1.807, 2.05) is 6.20 Å². The molecule has 0 unspecified atom stereocenters. The van der Waals surface area contributed by atoms with Crippen LogP contribution in [0.25, 0.3) is 0 Å². The van der Waals surface area contributed by atoms with E-state index in [-0.39, 0.29) is 0 Å². The highest BCUT2D eigenvalue weighted by Crippen LogP contribution is 2.35. The molecule has 4 nitrogen and oxygen atoms in total. The largest absolute Gasteiger partial charge is 0.327 e. The van der Waals surface area contributed by atoms with Crippen molar-refractivity contribution in [3.8, 4) is 0 Å². The third-order valence-corrected chi connectivity index (χ3v) is 4.83. The molecule has 1 aromatic carbocycles. The monoisotopic (exact) mass is 336 g/mol. The molecule has 25 heavy (non-hydrogen) atoms. The number of hydrogen-bond donors (Lipinski definition) is 1. The summed E-state index contributed by atoms with van der Waals surface area (Å²) in [6, 6.07) is 8.94. The average molecular weight is 336 g/mol. The highest BCUT2D eigenvalue weighted by atomic mass is 15.3. The van der Waals surface area contributed by atoms with Crippen molar-refractivity contribution in [2.45, 2.75) is 58.9 Å². The smallest absolute Gasteiger partial charge is 0.229 e. The number of aromatic nitrogens is 2. The Morgan fingerprint density at radius 2 is 2.04 bits per heavy atom. The second kappa shape index (κ2) is 7.68. The SMILES string of the molecule is C=C1Cc2cnc(Nc3cccc(CCC)c3)nc2N1C(CC)CC. The van der Waals surface area contributed by atoms with Crippen LogP contribution in [0.3, 0.4) is 0 Å². The molecule has 1 N–H and O–H groups in total. The number of nitrogens with zero attached hydrogens (tertiary/aromatic N) is 3. The number of hydrogen-bond acceptors (Lipinski definition) is 4. The van der Waals surface area contributed by atoms with Gasteiger partial charge in [0.15, 0.2) is 0 Å². The highest BCUT2D eigenvalue weighted by molar-refractivity contribution is 5.64. The molecule has 0 aliphatic carbocycles. The van der Waals surface area contributed by atoms with Crippen LogP contribution in [-0.2, 0) is 12.8 Å². The van der Waals surface area contributed by atoms with E-state index >= 15 is 0 Å². The molecule has 3 rings (SSSR count). The molecule has 1 aliphatic heterocycles. The zero-order valence-electron chi connectivity index (χ0n) is 15.5. The van der Waals surface area contributed by atoms with Gasteiger partial charge in [-0.3, -0.25) is 0 Å². The van der Waals surface area contributed by atoms with Crippen molar-refractivity contribution in [3.05, 3.63) is 53.9 Å². The van der Waals surface area contributed by atoms with Gasteiger partial charge in [0.05, 0.1) is 0 Å². The fourth-order valence-corrected chi connectivity index (χ4v) is 3.55. The van der Waals surface area contributed by atoms with Gasteiger partial charge < -0.3 is 10.2 Å². The van der Waals surface area contributed by atoms with Crippen LogP contribution in [0.1, 0.15) is 51.2 Å². The van der Waals surface area contributed by atoms with E-state index in [1.165, 1.54) is 11.1 Å². The molecule has 1 aromatic heterocycles. The minimum absolute atomic E-state index is 0.449. The lowest BCUT2D eigenvalue weighted by Crippen LogP contribution is -2.31. The van der Waals surface area contributed by atoms with Gasteiger partial charge in [0, 0.05) is 35.6 Å². The summed E-state index contributed by atoms with van der Waals surface area (Å²) in [5.41, 5.74) is 4.67. The first-order valence-electron chi connectivity index (χ1n) is 9.35. The second-order valence-electron chi connectivity index (χ2n) is 6.70. The van der Waals surface area contributed by atoms with Gasteiger partial charge >= 0.3 is 0 Å². The van der Waals surface area contributed by atoms with Crippen molar-refractivity contribution in [2.24, 2.45) is 0 Å². The molecule has 4 heteroatoms. The normalized spacial score (nSPS) is 13.4. The lowest BCUT2D eigenvalue weighted by atomic mass is 10.1. The van der Waals surface area contributed by atoms with Gasteiger partial charge in [-0.1, -0.05) is 45.9 Å². The summed E-state index contributed by atoms with van der Waals surface area (Å²) < 4.78 is 0. The van der Waals surface area contributed by atoms with Crippen molar-refractivity contribution in [2.75, 3.05) is 10.2 Å². The molecule has 0 fully saturated rings. The van der Waals surface area contributed by atoms with Gasteiger partial charge in [0.2, 0.25) is 5.95 Å². The zero-order chi connectivity index (χ0) is 17.8. The summed E-state index contributed by atoms with van der Waals surface area (Å²) >= 11 is 0. The Morgan fingerprint density at radius 1 is 1.24 bits per heavy atom. The van der Waals surface area contributed by atoms with E-state index in [1.54, 1.807) is 0 Å². The number of rotatable bonds is 7. The number of allylic oxidation sites excluding steroid dienone is 1. The number of nitrogens with one attached hydrogen (secondary N) is 1. The van der Waals surface area contributed by atoms with E-state index in [2.05, 4.69) is 66.8 Å². The number of anilines is 3. The lowest BCUT2D eigenvalue weighted by Gasteiger charge is -2.28. The molecule has 1 aliphatic rings. The Labute approximate surface area is 151 Å². The molecular formula is C21H28N4. The fraction of sp³-hybridized carbons (Fsp3) is 0.429. The first-order chi connectivity index (χ1) is 12.2. The van der Waals surface area contributed by atoms with Crippen LogP contribution in [0.15, 0.2) is 42.7 Å². The maximum absolute atomic E-state index is 4.82. The third-order valence-electron chi connectivity index (χ3n) is 4.83. The summed E-state index contributed by atoms with van der Waals surface area (Å²) in [5.74, 6) is 1.67. The van der Waals surface area contributed by atoms with Crippen molar-refractivity contribution in [1.82, 2.24) is 9.97 Å². The van der Waals surface area contributed by atoms with Crippen LogP contribution >= 0.6 is 0 Å².